The lowest BCUT2D eigenvalue weighted by Crippen LogP contribution is -1.94. The van der Waals surface area contributed by atoms with Gasteiger partial charge < -0.3 is 9.13 Å². The van der Waals surface area contributed by atoms with Crippen LogP contribution in [0.4, 0.5) is 0 Å². The standard InChI is InChI=1S/C39H25N3/c40-26-29(28-19-23-31(24-20-28)42-38-15-7-3-11-34(38)35-12-4-8-16-39(35)42)25-27-17-21-30(22-18-27)41-36-13-5-1-9-32(36)33-10-2-6-14-37(33)41/h1-25H/b29-25+. The molecule has 0 aliphatic heterocycles. The van der Waals surface area contributed by atoms with E-state index in [0.717, 1.165) is 22.5 Å². The second kappa shape index (κ2) is 9.66. The SMILES string of the molecule is N#C/C(=C\c1ccc(-n2c3ccccc3c3ccccc32)cc1)c1ccc(-n2c3ccccc3c3ccccc32)cc1. The lowest BCUT2D eigenvalue weighted by molar-refractivity contribution is 1.18. The number of benzene rings is 6. The van der Waals surface area contributed by atoms with Crippen molar-refractivity contribution in [2.24, 2.45) is 0 Å². The summed E-state index contributed by atoms with van der Waals surface area (Å²) in [6.07, 6.45) is 1.96. The third-order valence-corrected chi connectivity index (χ3v) is 8.18. The van der Waals surface area contributed by atoms with E-state index in [4.69, 9.17) is 0 Å². The van der Waals surface area contributed by atoms with Gasteiger partial charge in [-0.25, -0.2) is 0 Å². The smallest absolute Gasteiger partial charge is 0.0998 e. The molecule has 2 heterocycles. The normalized spacial score (nSPS) is 11.9. The van der Waals surface area contributed by atoms with E-state index in [1.807, 2.05) is 18.2 Å². The fourth-order valence-corrected chi connectivity index (χ4v) is 6.26. The molecule has 0 aliphatic rings. The molecule has 0 atom stereocenters. The molecule has 0 radical (unpaired) electrons. The lowest BCUT2D eigenvalue weighted by Gasteiger charge is -2.09. The van der Waals surface area contributed by atoms with Crippen LogP contribution in [0.5, 0.6) is 0 Å². The van der Waals surface area contributed by atoms with Crippen LogP contribution in [-0.4, -0.2) is 9.13 Å². The van der Waals surface area contributed by atoms with Gasteiger partial charge in [-0.15, -0.1) is 0 Å². The Hall–Kier alpha value is -5.85. The summed E-state index contributed by atoms with van der Waals surface area (Å²) >= 11 is 0. The largest absolute Gasteiger partial charge is 0.309 e. The summed E-state index contributed by atoms with van der Waals surface area (Å²) in [5.41, 5.74) is 9.40. The van der Waals surface area contributed by atoms with Crippen molar-refractivity contribution < 1.29 is 0 Å². The quantitative estimate of drug-likeness (QED) is 0.163. The highest BCUT2D eigenvalue weighted by Crippen LogP contribution is 2.33. The number of aromatic nitrogens is 2. The first-order valence-corrected chi connectivity index (χ1v) is 14.1. The molecule has 8 aromatic rings. The average molecular weight is 536 g/mol. The van der Waals surface area contributed by atoms with Crippen molar-refractivity contribution in [1.82, 2.24) is 9.13 Å². The maximum atomic E-state index is 10.1. The highest BCUT2D eigenvalue weighted by Gasteiger charge is 2.13. The second-order valence-electron chi connectivity index (χ2n) is 10.5. The maximum Gasteiger partial charge on any atom is 0.0998 e. The Bertz CT molecular complexity index is 2230. The van der Waals surface area contributed by atoms with E-state index in [9.17, 15) is 5.26 Å². The van der Waals surface area contributed by atoms with Crippen molar-refractivity contribution in [3.8, 4) is 17.4 Å². The zero-order chi connectivity index (χ0) is 28.0. The zero-order valence-corrected chi connectivity index (χ0v) is 22.8. The Morgan fingerprint density at radius 3 is 1.19 bits per heavy atom. The summed E-state index contributed by atoms with van der Waals surface area (Å²) in [6.45, 7) is 0. The molecule has 3 nitrogen and oxygen atoms in total. The number of fused-ring (bicyclic) bond motifs is 6. The molecular weight excluding hydrogens is 510 g/mol. The maximum absolute atomic E-state index is 10.1. The lowest BCUT2D eigenvalue weighted by atomic mass is 10.0. The molecule has 0 saturated carbocycles. The van der Waals surface area contributed by atoms with Crippen molar-refractivity contribution in [3.05, 3.63) is 157 Å². The fourth-order valence-electron chi connectivity index (χ4n) is 6.26. The van der Waals surface area contributed by atoms with Crippen LogP contribution in [0.25, 0.3) is 66.6 Å². The minimum atomic E-state index is 0.633. The monoisotopic (exact) mass is 535 g/mol. The molecule has 0 spiro atoms. The van der Waals surface area contributed by atoms with Crippen molar-refractivity contribution in [2.45, 2.75) is 0 Å². The molecule has 2 aromatic heterocycles. The van der Waals surface area contributed by atoms with E-state index in [0.29, 0.717) is 5.57 Å². The van der Waals surface area contributed by atoms with E-state index in [2.05, 4.69) is 149 Å². The molecule has 42 heavy (non-hydrogen) atoms. The van der Waals surface area contributed by atoms with Gasteiger partial charge in [-0.2, -0.15) is 5.26 Å². The van der Waals surface area contributed by atoms with Gasteiger partial charge in [-0.05, 0) is 65.7 Å². The first-order valence-electron chi connectivity index (χ1n) is 14.1. The minimum Gasteiger partial charge on any atom is -0.309 e. The van der Waals surface area contributed by atoms with Crippen LogP contribution in [0.15, 0.2) is 146 Å². The molecule has 3 heteroatoms. The first kappa shape index (κ1) is 24.0. The van der Waals surface area contributed by atoms with E-state index < -0.39 is 0 Å². The molecule has 0 aliphatic carbocycles. The van der Waals surface area contributed by atoms with Gasteiger partial charge >= 0.3 is 0 Å². The Balaban J connectivity index is 1.15. The van der Waals surface area contributed by atoms with Crippen molar-refractivity contribution in [2.75, 3.05) is 0 Å². The van der Waals surface area contributed by atoms with Gasteiger partial charge in [0.1, 0.15) is 0 Å². The average Bonchev–Trinajstić information content (AvgIpc) is 3.57. The Morgan fingerprint density at radius 2 is 0.810 bits per heavy atom. The second-order valence-corrected chi connectivity index (χ2v) is 10.5. The molecular formula is C39H25N3. The van der Waals surface area contributed by atoms with Gasteiger partial charge in [0, 0.05) is 32.9 Å². The van der Waals surface area contributed by atoms with Crippen LogP contribution in [0, 0.1) is 11.3 Å². The van der Waals surface area contributed by atoms with Gasteiger partial charge in [0.05, 0.1) is 33.7 Å². The van der Waals surface area contributed by atoms with Crippen molar-refractivity contribution in [3.63, 3.8) is 0 Å². The number of para-hydroxylation sites is 4. The van der Waals surface area contributed by atoms with Gasteiger partial charge in [0.15, 0.2) is 0 Å². The zero-order valence-electron chi connectivity index (χ0n) is 22.8. The van der Waals surface area contributed by atoms with E-state index in [1.165, 1.54) is 43.6 Å². The van der Waals surface area contributed by atoms with Crippen molar-refractivity contribution in [1.29, 1.82) is 5.26 Å². The molecule has 196 valence electrons. The van der Waals surface area contributed by atoms with Gasteiger partial charge in [-0.3, -0.25) is 0 Å². The summed E-state index contributed by atoms with van der Waals surface area (Å²) in [5.74, 6) is 0. The number of rotatable bonds is 4. The Labute approximate surface area is 243 Å². The molecule has 6 aromatic carbocycles. The predicted molar refractivity (Wildman–Crippen MR) is 175 cm³/mol. The topological polar surface area (TPSA) is 33.6 Å². The summed E-state index contributed by atoms with van der Waals surface area (Å²) in [5, 5.41) is 15.0. The third-order valence-electron chi connectivity index (χ3n) is 8.18. The van der Waals surface area contributed by atoms with Crippen LogP contribution >= 0.6 is 0 Å². The molecule has 0 bridgehead atoms. The van der Waals surface area contributed by atoms with E-state index in [-0.39, 0.29) is 0 Å². The molecule has 0 amide bonds. The summed E-state index contributed by atoms with van der Waals surface area (Å²) in [4.78, 5) is 0. The summed E-state index contributed by atoms with van der Waals surface area (Å²) in [7, 11) is 0. The molecule has 0 fully saturated rings. The summed E-state index contributed by atoms with van der Waals surface area (Å²) in [6, 6.07) is 53.2. The van der Waals surface area contributed by atoms with Crippen molar-refractivity contribution >= 4 is 55.3 Å². The number of hydrogen-bond donors (Lipinski definition) is 0. The van der Waals surface area contributed by atoms with Crippen LogP contribution in [0.3, 0.4) is 0 Å². The third kappa shape index (κ3) is 3.74. The van der Waals surface area contributed by atoms with E-state index >= 15 is 0 Å². The highest BCUT2D eigenvalue weighted by atomic mass is 15.0. The number of nitrogens with zero attached hydrogens (tertiary/aromatic N) is 3. The Kier molecular flexibility index (Phi) is 5.52. The van der Waals surface area contributed by atoms with Gasteiger partial charge in [-0.1, -0.05) is 97.1 Å². The van der Waals surface area contributed by atoms with Gasteiger partial charge in [0.25, 0.3) is 0 Å². The van der Waals surface area contributed by atoms with Gasteiger partial charge in [0.2, 0.25) is 0 Å². The highest BCUT2D eigenvalue weighted by molar-refractivity contribution is 6.10. The fraction of sp³-hybridized carbons (Fsp3) is 0. The molecule has 8 rings (SSSR count). The first-order chi connectivity index (χ1) is 20.8. The number of allylic oxidation sites excluding steroid dienone is 1. The number of hydrogen-bond acceptors (Lipinski definition) is 1. The van der Waals surface area contributed by atoms with Crippen LogP contribution in [-0.2, 0) is 0 Å². The molecule has 0 saturated heterocycles. The van der Waals surface area contributed by atoms with E-state index in [1.54, 1.807) is 0 Å². The minimum absolute atomic E-state index is 0.633. The predicted octanol–water partition coefficient (Wildman–Crippen LogP) is 9.94. The molecule has 0 N–H and O–H groups in total. The number of nitriles is 1. The van der Waals surface area contributed by atoms with Crippen LogP contribution in [0.1, 0.15) is 11.1 Å². The van der Waals surface area contributed by atoms with Crippen LogP contribution < -0.4 is 0 Å². The van der Waals surface area contributed by atoms with Crippen LogP contribution in [0.2, 0.25) is 0 Å². The molecule has 0 unspecified atom stereocenters. The summed E-state index contributed by atoms with van der Waals surface area (Å²) < 4.78 is 4.59. The Morgan fingerprint density at radius 1 is 0.452 bits per heavy atom.